The number of thioether (sulfide) groups is 1. The van der Waals surface area contributed by atoms with Crippen LogP contribution in [0, 0.1) is 5.92 Å². The summed E-state index contributed by atoms with van der Waals surface area (Å²) in [5.74, 6) is -1.62. The number of allylic oxidation sites excluding steroid dienone is 1. The highest BCUT2D eigenvalue weighted by molar-refractivity contribution is 8.00. The Morgan fingerprint density at radius 3 is 1.68 bits per heavy atom. The second-order valence-electron chi connectivity index (χ2n) is 9.60. The van der Waals surface area contributed by atoms with Crippen molar-refractivity contribution in [1.29, 1.82) is 0 Å². The normalized spacial score (nSPS) is 13.3. The number of amides is 2. The maximum Gasteiger partial charge on any atom is 0.354 e. The predicted octanol–water partition coefficient (Wildman–Crippen LogP) is 4.37. The molecule has 3 rings (SSSR count). The number of ether oxygens (including phenoxy) is 1. The van der Waals surface area contributed by atoms with Crippen LogP contribution in [0.1, 0.15) is 37.5 Å². The average Bonchev–Trinajstić information content (AvgIpc) is 3.00. The van der Waals surface area contributed by atoms with E-state index >= 15 is 0 Å². The summed E-state index contributed by atoms with van der Waals surface area (Å²) in [5.41, 5.74) is 9.17. The summed E-state index contributed by atoms with van der Waals surface area (Å²) in [6.45, 7) is 5.30. The number of benzene rings is 3. The Bertz CT molecular complexity index is 1200. The van der Waals surface area contributed by atoms with Crippen molar-refractivity contribution >= 4 is 29.5 Å². The van der Waals surface area contributed by atoms with Gasteiger partial charge in [0.05, 0.1) is 17.9 Å². The Hall–Kier alpha value is -3.88. The van der Waals surface area contributed by atoms with Gasteiger partial charge in [0.2, 0.25) is 11.8 Å². The molecule has 0 saturated heterocycles. The zero-order chi connectivity index (χ0) is 29.1. The van der Waals surface area contributed by atoms with Gasteiger partial charge in [-0.05, 0) is 29.5 Å². The first-order valence-electron chi connectivity index (χ1n) is 13.2. The fourth-order valence-corrected chi connectivity index (χ4v) is 5.86. The maximum absolute atomic E-state index is 13.6. The van der Waals surface area contributed by atoms with Crippen molar-refractivity contribution < 1.29 is 19.1 Å². The molecular weight excluding hydrogens is 522 g/mol. The van der Waals surface area contributed by atoms with Gasteiger partial charge in [-0.1, -0.05) is 111 Å². The molecule has 7 nitrogen and oxygen atoms in total. The molecule has 8 heteroatoms. The third kappa shape index (κ3) is 7.20. The van der Waals surface area contributed by atoms with Crippen molar-refractivity contribution in [1.82, 2.24) is 10.6 Å². The third-order valence-electron chi connectivity index (χ3n) is 6.61. The zero-order valence-corrected chi connectivity index (χ0v) is 24.1. The van der Waals surface area contributed by atoms with E-state index in [0.29, 0.717) is 0 Å². The molecule has 0 spiro atoms. The first kappa shape index (κ1) is 30.7. The van der Waals surface area contributed by atoms with E-state index in [1.165, 1.54) is 24.9 Å². The number of nitrogens with two attached hydrogens (primary N) is 1. The molecule has 3 aromatic carbocycles. The molecule has 0 saturated carbocycles. The molecule has 0 fully saturated rings. The minimum absolute atomic E-state index is 0.00894. The molecule has 0 heterocycles. The molecule has 210 valence electrons. The predicted molar refractivity (Wildman–Crippen MR) is 160 cm³/mol. The molecule has 4 N–H and O–H groups in total. The number of esters is 1. The third-order valence-corrected chi connectivity index (χ3v) is 8.25. The van der Waals surface area contributed by atoms with Crippen LogP contribution in [-0.4, -0.2) is 42.7 Å². The Morgan fingerprint density at radius 1 is 0.850 bits per heavy atom. The van der Waals surface area contributed by atoms with Crippen LogP contribution in [0.25, 0.3) is 0 Å². The van der Waals surface area contributed by atoms with E-state index in [1.54, 1.807) is 6.92 Å². The van der Waals surface area contributed by atoms with Gasteiger partial charge in [0.15, 0.2) is 0 Å². The van der Waals surface area contributed by atoms with E-state index < -0.39 is 34.6 Å². The lowest BCUT2D eigenvalue weighted by Crippen LogP contribution is -2.54. The fourth-order valence-electron chi connectivity index (χ4n) is 4.30. The summed E-state index contributed by atoms with van der Waals surface area (Å²) in [6.07, 6.45) is 1.46. The summed E-state index contributed by atoms with van der Waals surface area (Å²) >= 11 is 1.52. The number of hydrogen-bond acceptors (Lipinski definition) is 6. The highest BCUT2D eigenvalue weighted by Crippen LogP contribution is 2.48. The smallest absolute Gasteiger partial charge is 0.354 e. The minimum Gasteiger partial charge on any atom is -0.464 e. The lowest BCUT2D eigenvalue weighted by molar-refractivity contribution is -0.138. The number of nitrogens with one attached hydrogen (secondary N) is 2. The van der Waals surface area contributed by atoms with Crippen molar-refractivity contribution in [2.45, 2.75) is 37.6 Å². The summed E-state index contributed by atoms with van der Waals surface area (Å²) < 4.78 is 4.08. The largest absolute Gasteiger partial charge is 0.464 e. The van der Waals surface area contributed by atoms with E-state index in [-0.39, 0.29) is 17.4 Å². The maximum atomic E-state index is 13.6. The van der Waals surface area contributed by atoms with Crippen LogP contribution in [0.2, 0.25) is 0 Å². The summed E-state index contributed by atoms with van der Waals surface area (Å²) in [5, 5.41) is 5.46. The second kappa shape index (κ2) is 14.5. The number of methoxy groups -OCH3 is 1. The molecule has 40 heavy (non-hydrogen) atoms. The highest BCUT2D eigenvalue weighted by atomic mass is 32.2. The molecule has 0 aliphatic rings. The molecule has 0 aliphatic heterocycles. The number of rotatable bonds is 12. The van der Waals surface area contributed by atoms with Crippen LogP contribution in [0.5, 0.6) is 0 Å². The Labute approximate surface area is 240 Å². The summed E-state index contributed by atoms with van der Waals surface area (Å²) in [4.78, 5) is 38.8. The molecule has 0 aliphatic carbocycles. The standard InChI is InChI=1S/C32H37N3O4S/c1-5-26(31(38)39-4)34-29(36)27(35-30(37)28(33)22(2)3)21-40-32(23-15-9-6-10-16-23,24-17-11-7-12-18-24)25-19-13-8-14-20-25/h5-20,22,27-28H,21,33H2,1-4H3,(H,34,36)(H,35,37)/b26-5-/t27-,28-/m1/s1. The Morgan fingerprint density at radius 2 is 1.30 bits per heavy atom. The Balaban J connectivity index is 2.08. The molecule has 2 amide bonds. The number of carbonyl (C=O) groups excluding carboxylic acids is 3. The van der Waals surface area contributed by atoms with Gasteiger partial charge in [-0.15, -0.1) is 11.8 Å². The van der Waals surface area contributed by atoms with Crippen molar-refractivity contribution in [2.75, 3.05) is 12.9 Å². The van der Waals surface area contributed by atoms with Crippen LogP contribution >= 0.6 is 11.8 Å². The van der Waals surface area contributed by atoms with Gasteiger partial charge >= 0.3 is 5.97 Å². The van der Waals surface area contributed by atoms with Crippen LogP contribution in [0.4, 0.5) is 0 Å². The van der Waals surface area contributed by atoms with Crippen LogP contribution < -0.4 is 16.4 Å². The molecule has 0 aromatic heterocycles. The van der Waals surface area contributed by atoms with Gasteiger partial charge in [-0.25, -0.2) is 4.79 Å². The molecule has 0 radical (unpaired) electrons. The van der Waals surface area contributed by atoms with E-state index in [0.717, 1.165) is 16.7 Å². The molecule has 0 unspecified atom stereocenters. The van der Waals surface area contributed by atoms with Gasteiger partial charge < -0.3 is 21.1 Å². The van der Waals surface area contributed by atoms with Gasteiger partial charge in [0.1, 0.15) is 11.7 Å². The van der Waals surface area contributed by atoms with Gasteiger partial charge in [-0.3, -0.25) is 9.59 Å². The van der Waals surface area contributed by atoms with Crippen molar-refractivity contribution in [3.8, 4) is 0 Å². The van der Waals surface area contributed by atoms with Gasteiger partial charge in [0, 0.05) is 5.75 Å². The van der Waals surface area contributed by atoms with Gasteiger partial charge in [-0.2, -0.15) is 0 Å². The number of hydrogen-bond donors (Lipinski definition) is 3. The van der Waals surface area contributed by atoms with Crippen LogP contribution in [0.3, 0.4) is 0 Å². The van der Waals surface area contributed by atoms with E-state index in [2.05, 4.69) is 47.0 Å². The first-order valence-corrected chi connectivity index (χ1v) is 14.1. The lowest BCUT2D eigenvalue weighted by Gasteiger charge is -2.36. The quantitative estimate of drug-likeness (QED) is 0.173. The Kier molecular flexibility index (Phi) is 11.1. The average molecular weight is 560 g/mol. The molecular formula is C32H37N3O4S. The van der Waals surface area contributed by atoms with Gasteiger partial charge in [0.25, 0.3) is 0 Å². The second-order valence-corrected chi connectivity index (χ2v) is 10.8. The monoisotopic (exact) mass is 559 g/mol. The summed E-state index contributed by atoms with van der Waals surface area (Å²) in [7, 11) is 1.24. The van der Waals surface area contributed by atoms with E-state index in [4.69, 9.17) is 10.5 Å². The SMILES string of the molecule is C/C=C(\NC(=O)[C@@H](CSC(c1ccccc1)(c1ccccc1)c1ccccc1)NC(=O)[C@H](N)C(C)C)C(=O)OC. The summed E-state index contributed by atoms with van der Waals surface area (Å²) in [6, 6.07) is 28.4. The fraction of sp³-hybridized carbons (Fsp3) is 0.281. The topological polar surface area (TPSA) is 111 Å². The first-order chi connectivity index (χ1) is 19.2. The lowest BCUT2D eigenvalue weighted by atomic mass is 9.84. The van der Waals surface area contributed by atoms with E-state index in [1.807, 2.05) is 68.4 Å². The van der Waals surface area contributed by atoms with E-state index in [9.17, 15) is 14.4 Å². The minimum atomic E-state index is -1.00. The molecule has 3 aromatic rings. The highest BCUT2D eigenvalue weighted by Gasteiger charge is 2.39. The van der Waals surface area contributed by atoms with Crippen LogP contribution in [-0.2, 0) is 23.9 Å². The van der Waals surface area contributed by atoms with Crippen LogP contribution in [0.15, 0.2) is 103 Å². The van der Waals surface area contributed by atoms with Crippen molar-refractivity contribution in [3.05, 3.63) is 119 Å². The zero-order valence-electron chi connectivity index (χ0n) is 23.3. The molecule has 0 bridgehead atoms. The molecule has 2 atom stereocenters. The van der Waals surface area contributed by atoms with Crippen molar-refractivity contribution in [3.63, 3.8) is 0 Å². The van der Waals surface area contributed by atoms with Crippen molar-refractivity contribution in [2.24, 2.45) is 11.7 Å². The number of carbonyl (C=O) groups is 3.